The number of benzene rings is 2. The summed E-state index contributed by atoms with van der Waals surface area (Å²) in [5, 5.41) is 5.83. The van der Waals surface area contributed by atoms with Crippen LogP contribution in [0.25, 0.3) is 5.70 Å². The van der Waals surface area contributed by atoms with Gasteiger partial charge < -0.3 is 10.2 Å². The van der Waals surface area contributed by atoms with Crippen molar-refractivity contribution in [3.8, 4) is 0 Å². The lowest BCUT2D eigenvalue weighted by molar-refractivity contribution is 1.13. The van der Waals surface area contributed by atoms with Gasteiger partial charge in [0.25, 0.3) is 0 Å². The molecule has 0 amide bonds. The third-order valence-electron chi connectivity index (χ3n) is 4.64. The predicted molar refractivity (Wildman–Crippen MR) is 133 cm³/mol. The lowest BCUT2D eigenvalue weighted by atomic mass is 10.0. The maximum absolute atomic E-state index is 3.66. The molecule has 0 unspecified atom stereocenters. The van der Waals surface area contributed by atoms with Crippen LogP contribution in [-0.4, -0.2) is 14.1 Å². The Morgan fingerprint density at radius 2 is 1.72 bits per heavy atom. The third-order valence-corrected chi connectivity index (χ3v) is 5.68. The average Bonchev–Trinajstić information content (AvgIpc) is 2.69. The minimum Gasteiger partial charge on any atom is -0.378 e. The molecule has 2 aromatic carbocycles. The second-order valence-electron chi connectivity index (χ2n) is 7.31. The number of hydrogen-bond donors (Lipinski definition) is 1. The maximum atomic E-state index is 3.66. The van der Waals surface area contributed by atoms with Crippen molar-refractivity contribution in [1.29, 1.82) is 0 Å². The summed E-state index contributed by atoms with van der Waals surface area (Å²) < 4.78 is 0. The first-order valence-corrected chi connectivity index (χ1v) is 11.2. The van der Waals surface area contributed by atoms with E-state index in [1.165, 1.54) is 27.3 Å². The van der Waals surface area contributed by atoms with Crippen LogP contribution in [0.3, 0.4) is 0 Å². The molecule has 0 aliphatic heterocycles. The van der Waals surface area contributed by atoms with Crippen molar-refractivity contribution < 1.29 is 0 Å². The molecule has 0 radical (unpaired) electrons. The summed E-state index contributed by atoms with van der Waals surface area (Å²) in [6, 6.07) is 13.2. The van der Waals surface area contributed by atoms with Gasteiger partial charge in [-0.3, -0.25) is 0 Å². The van der Waals surface area contributed by atoms with Crippen molar-refractivity contribution in [3.63, 3.8) is 0 Å². The van der Waals surface area contributed by atoms with Gasteiger partial charge in [0, 0.05) is 41.6 Å². The predicted octanol–water partition coefficient (Wildman–Crippen LogP) is 7.80. The number of nitrogens with one attached hydrogen (secondary N) is 1. The fourth-order valence-corrected chi connectivity index (χ4v) is 3.74. The highest BCUT2D eigenvalue weighted by molar-refractivity contribution is 8.02. The minimum atomic E-state index is 1.02. The van der Waals surface area contributed by atoms with Gasteiger partial charge in [-0.1, -0.05) is 49.9 Å². The van der Waals surface area contributed by atoms with Gasteiger partial charge >= 0.3 is 0 Å². The van der Waals surface area contributed by atoms with Crippen LogP contribution in [-0.2, 0) is 0 Å². The Bertz CT molecular complexity index is 892. The molecule has 0 aliphatic carbocycles. The lowest BCUT2D eigenvalue weighted by Crippen LogP contribution is -2.10. The molecule has 0 bridgehead atoms. The van der Waals surface area contributed by atoms with Crippen molar-refractivity contribution in [2.24, 2.45) is 0 Å². The van der Waals surface area contributed by atoms with E-state index in [1.54, 1.807) is 11.8 Å². The molecule has 2 nitrogen and oxygen atoms in total. The van der Waals surface area contributed by atoms with Crippen LogP contribution < -0.4 is 10.2 Å². The molecule has 29 heavy (non-hydrogen) atoms. The van der Waals surface area contributed by atoms with Crippen LogP contribution in [0, 0.1) is 13.8 Å². The zero-order chi connectivity index (χ0) is 21.2. The number of rotatable bonds is 9. The van der Waals surface area contributed by atoms with Crippen LogP contribution in [0.15, 0.2) is 71.0 Å². The number of hydrogen-bond acceptors (Lipinski definition) is 3. The lowest BCUT2D eigenvalue weighted by Gasteiger charge is -2.19. The van der Waals surface area contributed by atoms with Gasteiger partial charge in [0.1, 0.15) is 0 Å². The van der Waals surface area contributed by atoms with Gasteiger partial charge in [-0.2, -0.15) is 0 Å². The Balaban J connectivity index is 2.37. The van der Waals surface area contributed by atoms with Gasteiger partial charge in [-0.05, 0) is 79.6 Å². The summed E-state index contributed by atoms with van der Waals surface area (Å²) in [7, 11) is 4.16. The van der Waals surface area contributed by atoms with Crippen LogP contribution in [0.5, 0.6) is 0 Å². The Morgan fingerprint density at radius 1 is 0.966 bits per heavy atom. The molecule has 0 atom stereocenters. The van der Waals surface area contributed by atoms with Gasteiger partial charge in [-0.25, -0.2) is 0 Å². The number of aryl methyl sites for hydroxylation is 2. The molecule has 0 saturated heterocycles. The van der Waals surface area contributed by atoms with Gasteiger partial charge in [0.15, 0.2) is 0 Å². The van der Waals surface area contributed by atoms with Crippen molar-refractivity contribution >= 4 is 28.8 Å². The molecule has 0 fully saturated rings. The molecule has 0 spiro atoms. The van der Waals surface area contributed by atoms with Crippen LogP contribution in [0.2, 0.25) is 0 Å². The number of thioether (sulfide) groups is 1. The Kier molecular flexibility index (Phi) is 9.14. The molecular formula is C26H34N2S. The van der Waals surface area contributed by atoms with Gasteiger partial charge in [0.05, 0.1) is 0 Å². The third kappa shape index (κ3) is 6.86. The molecule has 0 aromatic heterocycles. The first-order valence-electron chi connectivity index (χ1n) is 10.3. The maximum Gasteiger partial charge on any atom is 0.0461 e. The summed E-state index contributed by atoms with van der Waals surface area (Å²) in [6.07, 6.45) is 10.8. The topological polar surface area (TPSA) is 15.3 Å². The Hall–Kier alpha value is -2.39. The molecule has 0 saturated carbocycles. The zero-order valence-electron chi connectivity index (χ0n) is 18.6. The monoisotopic (exact) mass is 406 g/mol. The Labute approximate surface area is 181 Å². The van der Waals surface area contributed by atoms with E-state index >= 15 is 0 Å². The van der Waals surface area contributed by atoms with E-state index in [-0.39, 0.29) is 0 Å². The number of nitrogens with zero attached hydrogens (tertiary/aromatic N) is 1. The van der Waals surface area contributed by atoms with Gasteiger partial charge in [-0.15, -0.1) is 0 Å². The fraction of sp³-hybridized carbons (Fsp3) is 0.308. The largest absolute Gasteiger partial charge is 0.378 e. The van der Waals surface area contributed by atoms with E-state index in [4.69, 9.17) is 0 Å². The molecule has 2 rings (SSSR count). The quantitative estimate of drug-likeness (QED) is 0.338. The molecule has 3 heteroatoms. The molecule has 0 heterocycles. The molecular weight excluding hydrogens is 372 g/mol. The highest BCUT2D eigenvalue weighted by atomic mass is 32.2. The van der Waals surface area contributed by atoms with Crippen LogP contribution in [0.1, 0.15) is 43.4 Å². The van der Waals surface area contributed by atoms with Crippen molar-refractivity contribution in [3.05, 3.63) is 82.8 Å². The summed E-state index contributed by atoms with van der Waals surface area (Å²) in [6.45, 7) is 8.65. The van der Waals surface area contributed by atoms with Crippen LogP contribution >= 0.6 is 11.8 Å². The minimum absolute atomic E-state index is 1.02. The molecule has 1 N–H and O–H groups in total. The number of allylic oxidation sites excluding steroid dienone is 4. The number of anilines is 2. The molecule has 0 aliphatic rings. The second kappa shape index (κ2) is 11.6. The second-order valence-corrected chi connectivity index (χ2v) is 8.26. The van der Waals surface area contributed by atoms with E-state index in [0.29, 0.717) is 0 Å². The van der Waals surface area contributed by atoms with Crippen molar-refractivity contribution in [2.45, 2.75) is 45.4 Å². The SMILES string of the molecule is CC/C=C/C=C(/Nc1ccc(S/C=C/CC)c(C)c1)c1cc(N(C)C)ccc1C. The normalized spacial score (nSPS) is 12.1. The summed E-state index contributed by atoms with van der Waals surface area (Å²) in [5.74, 6) is 0. The zero-order valence-corrected chi connectivity index (χ0v) is 19.4. The fourth-order valence-electron chi connectivity index (χ4n) is 2.91. The summed E-state index contributed by atoms with van der Waals surface area (Å²) in [4.78, 5) is 3.44. The summed E-state index contributed by atoms with van der Waals surface area (Å²) >= 11 is 1.78. The van der Waals surface area contributed by atoms with E-state index in [0.717, 1.165) is 24.2 Å². The standard InChI is InChI=1S/C26H34N2S/c1-7-9-11-12-25(24-19-23(28(5)6)15-13-20(24)3)27-22-14-16-26(21(4)18-22)29-17-10-8-2/h9-19,27H,7-8H2,1-6H3/b11-9+,17-10+,25-12+. The Morgan fingerprint density at radius 3 is 2.38 bits per heavy atom. The van der Waals surface area contributed by atoms with Crippen molar-refractivity contribution in [1.82, 2.24) is 0 Å². The first kappa shape index (κ1) is 22.9. The van der Waals surface area contributed by atoms with E-state index in [1.807, 2.05) is 0 Å². The van der Waals surface area contributed by atoms with E-state index < -0.39 is 0 Å². The van der Waals surface area contributed by atoms with E-state index in [2.05, 4.69) is 118 Å². The summed E-state index contributed by atoms with van der Waals surface area (Å²) in [5.41, 5.74) is 7.18. The molecule has 154 valence electrons. The van der Waals surface area contributed by atoms with Crippen molar-refractivity contribution in [2.75, 3.05) is 24.3 Å². The smallest absolute Gasteiger partial charge is 0.0461 e. The molecule has 2 aromatic rings. The van der Waals surface area contributed by atoms with E-state index in [9.17, 15) is 0 Å². The average molecular weight is 407 g/mol. The highest BCUT2D eigenvalue weighted by Crippen LogP contribution is 2.29. The first-order chi connectivity index (χ1) is 14.0. The van der Waals surface area contributed by atoms with Crippen LogP contribution in [0.4, 0.5) is 11.4 Å². The van der Waals surface area contributed by atoms with Gasteiger partial charge in [0.2, 0.25) is 0 Å². The highest BCUT2D eigenvalue weighted by Gasteiger charge is 2.09.